The Morgan fingerprint density at radius 3 is 2.43 bits per heavy atom. The number of aromatic hydroxyl groups is 2. The Bertz CT molecular complexity index is 1510. The molecule has 3 aromatic heterocycles. The molecule has 0 radical (unpaired) electrons. The van der Waals surface area contributed by atoms with Crippen molar-refractivity contribution in [2.24, 2.45) is 0 Å². The van der Waals surface area contributed by atoms with E-state index in [0.717, 1.165) is 18.2 Å². The molecule has 2 aromatic carbocycles. The maximum Gasteiger partial charge on any atom is 0.257 e. The first-order valence-electron chi connectivity index (χ1n) is 11.0. The number of nitrogens with zero attached hydrogens (tertiary/aromatic N) is 4. The van der Waals surface area contributed by atoms with E-state index in [1.54, 1.807) is 18.2 Å². The number of hydrogen-bond acceptors (Lipinski definition) is 8. The topological polar surface area (TPSA) is 118 Å². The van der Waals surface area contributed by atoms with E-state index in [9.17, 15) is 10.2 Å². The van der Waals surface area contributed by atoms with Crippen LogP contribution in [0.25, 0.3) is 33.6 Å². The van der Waals surface area contributed by atoms with E-state index < -0.39 is 5.88 Å². The summed E-state index contributed by atoms with van der Waals surface area (Å²) in [6.45, 7) is 2.04. The molecule has 0 aliphatic heterocycles. The Morgan fingerprint density at radius 2 is 1.66 bits per heavy atom. The summed E-state index contributed by atoms with van der Waals surface area (Å²) in [5, 5.41) is 35.8. The molecule has 2 N–H and O–H groups in total. The lowest BCUT2D eigenvalue weighted by Crippen LogP contribution is -1.99. The molecule has 0 aliphatic carbocycles. The average Bonchev–Trinajstić information content (AvgIpc) is 3.46. The number of benzene rings is 2. The summed E-state index contributed by atoms with van der Waals surface area (Å²) in [5.41, 5.74) is 2.38. The van der Waals surface area contributed by atoms with Crippen molar-refractivity contribution in [1.82, 2.24) is 20.3 Å². The first kappa shape index (κ1) is 23.1. The minimum atomic E-state index is -0.428. The van der Waals surface area contributed by atoms with Gasteiger partial charge in [0.1, 0.15) is 17.0 Å². The van der Waals surface area contributed by atoms with Crippen molar-refractivity contribution in [3.05, 3.63) is 69.8 Å². The lowest BCUT2D eigenvalue weighted by Gasteiger charge is -2.16. The number of aromatic nitrogens is 4. The highest BCUT2D eigenvalue weighted by molar-refractivity contribution is 6.39. The van der Waals surface area contributed by atoms with Crippen LogP contribution >= 0.6 is 23.2 Å². The minimum absolute atomic E-state index is 0.0956. The van der Waals surface area contributed by atoms with Gasteiger partial charge >= 0.3 is 0 Å². The molecule has 0 fully saturated rings. The first-order chi connectivity index (χ1) is 17.0. The van der Waals surface area contributed by atoms with Crippen molar-refractivity contribution in [3.8, 4) is 34.2 Å². The maximum atomic E-state index is 11.3. The fraction of sp³-hybridized carbons (Fsp3) is 0.200. The Balaban J connectivity index is 1.60. The van der Waals surface area contributed by atoms with Gasteiger partial charge in [0.2, 0.25) is 11.8 Å². The number of unbranched alkanes of at least 4 members (excludes halogenated alkanes) is 1. The second-order valence-electron chi connectivity index (χ2n) is 7.98. The zero-order valence-corrected chi connectivity index (χ0v) is 20.1. The van der Waals surface area contributed by atoms with Crippen molar-refractivity contribution >= 4 is 34.2 Å². The number of rotatable bonds is 7. The molecular formula is C25H20Cl2N4O4. The SMILES string of the molecule is CCCCc1nc(O)c(-c2nnc(Cc3noc4ccccc34)o2)c(O)c1-c1c(Cl)cccc1Cl. The summed E-state index contributed by atoms with van der Waals surface area (Å²) in [6.07, 6.45) is 2.39. The van der Waals surface area contributed by atoms with Crippen LogP contribution in [0.1, 0.15) is 37.0 Å². The molecule has 0 spiro atoms. The van der Waals surface area contributed by atoms with Crippen LogP contribution in [0.4, 0.5) is 0 Å². The van der Waals surface area contributed by atoms with E-state index in [1.165, 1.54) is 0 Å². The van der Waals surface area contributed by atoms with E-state index in [4.69, 9.17) is 32.1 Å². The molecule has 0 unspecified atom stereocenters. The van der Waals surface area contributed by atoms with E-state index in [1.807, 2.05) is 31.2 Å². The molecule has 0 aliphatic rings. The molecule has 0 bridgehead atoms. The van der Waals surface area contributed by atoms with Crippen LogP contribution in [0, 0.1) is 0 Å². The van der Waals surface area contributed by atoms with E-state index >= 15 is 0 Å². The molecule has 0 saturated heterocycles. The first-order valence-corrected chi connectivity index (χ1v) is 11.8. The lowest BCUT2D eigenvalue weighted by molar-refractivity contribution is 0.427. The molecule has 35 heavy (non-hydrogen) atoms. The van der Waals surface area contributed by atoms with Gasteiger partial charge in [-0.3, -0.25) is 0 Å². The number of halogens is 2. The number of para-hydroxylation sites is 1. The summed E-state index contributed by atoms with van der Waals surface area (Å²) >= 11 is 12.9. The van der Waals surface area contributed by atoms with Gasteiger partial charge < -0.3 is 19.2 Å². The minimum Gasteiger partial charge on any atom is -0.506 e. The van der Waals surface area contributed by atoms with Gasteiger partial charge in [-0.25, -0.2) is 4.98 Å². The molecule has 178 valence electrons. The van der Waals surface area contributed by atoms with E-state index in [2.05, 4.69) is 20.3 Å². The largest absolute Gasteiger partial charge is 0.506 e. The zero-order valence-electron chi connectivity index (χ0n) is 18.6. The van der Waals surface area contributed by atoms with Crippen molar-refractivity contribution in [2.45, 2.75) is 32.6 Å². The number of pyridine rings is 1. The van der Waals surface area contributed by atoms with Crippen LogP contribution in [-0.2, 0) is 12.8 Å². The molecule has 5 aromatic rings. The summed E-state index contributed by atoms with van der Waals surface area (Å²) in [5.74, 6) is -0.588. The van der Waals surface area contributed by atoms with Gasteiger partial charge in [-0.15, -0.1) is 10.2 Å². The van der Waals surface area contributed by atoms with Crippen molar-refractivity contribution in [3.63, 3.8) is 0 Å². The van der Waals surface area contributed by atoms with Gasteiger partial charge in [0, 0.05) is 16.5 Å². The normalized spacial score (nSPS) is 11.4. The van der Waals surface area contributed by atoms with E-state index in [-0.39, 0.29) is 29.5 Å². The fourth-order valence-corrected chi connectivity index (χ4v) is 4.55. The Hall–Kier alpha value is -3.62. The summed E-state index contributed by atoms with van der Waals surface area (Å²) in [7, 11) is 0. The Labute approximate surface area is 210 Å². The van der Waals surface area contributed by atoms with Crippen molar-refractivity contribution < 1.29 is 19.2 Å². The summed E-state index contributed by atoms with van der Waals surface area (Å²) in [6, 6.07) is 12.5. The highest BCUT2D eigenvalue weighted by Crippen LogP contribution is 2.48. The smallest absolute Gasteiger partial charge is 0.257 e. The molecule has 0 amide bonds. The highest BCUT2D eigenvalue weighted by atomic mass is 35.5. The van der Waals surface area contributed by atoms with Gasteiger partial charge in [0.15, 0.2) is 5.58 Å². The quantitative estimate of drug-likeness (QED) is 0.251. The van der Waals surface area contributed by atoms with Crippen LogP contribution in [0.2, 0.25) is 10.0 Å². The lowest BCUT2D eigenvalue weighted by atomic mass is 9.97. The molecule has 0 saturated carbocycles. The van der Waals surface area contributed by atoms with Crippen molar-refractivity contribution in [1.29, 1.82) is 0 Å². The molecule has 5 rings (SSSR count). The Kier molecular flexibility index (Phi) is 6.32. The van der Waals surface area contributed by atoms with Gasteiger partial charge in [0.25, 0.3) is 5.89 Å². The second kappa shape index (κ2) is 9.56. The Morgan fingerprint density at radius 1 is 0.886 bits per heavy atom. The fourth-order valence-electron chi connectivity index (χ4n) is 3.96. The molecule has 8 nitrogen and oxygen atoms in total. The third-order valence-electron chi connectivity index (χ3n) is 5.66. The predicted octanol–water partition coefficient (Wildman–Crippen LogP) is 6.59. The maximum absolute atomic E-state index is 11.3. The molecule has 10 heteroatoms. The van der Waals surface area contributed by atoms with Crippen LogP contribution < -0.4 is 0 Å². The predicted molar refractivity (Wildman–Crippen MR) is 132 cm³/mol. The third-order valence-corrected chi connectivity index (χ3v) is 6.29. The molecule has 0 atom stereocenters. The van der Waals surface area contributed by atoms with Crippen molar-refractivity contribution in [2.75, 3.05) is 0 Å². The summed E-state index contributed by atoms with van der Waals surface area (Å²) < 4.78 is 11.1. The van der Waals surface area contributed by atoms with Crippen LogP contribution in [0.5, 0.6) is 11.6 Å². The zero-order chi connectivity index (χ0) is 24.5. The molecular weight excluding hydrogens is 491 g/mol. The number of hydrogen-bond donors (Lipinski definition) is 2. The van der Waals surface area contributed by atoms with Crippen LogP contribution in [0.3, 0.4) is 0 Å². The number of fused-ring (bicyclic) bond motifs is 1. The third kappa shape index (κ3) is 4.31. The number of aryl methyl sites for hydroxylation is 1. The molecule has 3 heterocycles. The average molecular weight is 511 g/mol. The van der Waals surface area contributed by atoms with Gasteiger partial charge in [0.05, 0.1) is 22.2 Å². The van der Waals surface area contributed by atoms with Gasteiger partial charge in [-0.05, 0) is 37.1 Å². The van der Waals surface area contributed by atoms with Crippen LogP contribution in [0.15, 0.2) is 51.4 Å². The second-order valence-corrected chi connectivity index (χ2v) is 8.80. The van der Waals surface area contributed by atoms with E-state index in [0.29, 0.717) is 44.6 Å². The highest BCUT2D eigenvalue weighted by Gasteiger charge is 2.27. The van der Waals surface area contributed by atoms with Crippen LogP contribution in [-0.4, -0.2) is 30.6 Å². The summed E-state index contributed by atoms with van der Waals surface area (Å²) in [4.78, 5) is 4.36. The standard InChI is InChI=1S/C25H20Cl2N4O4/c1-2-3-10-16-21(20-14(26)8-6-9-15(20)27)23(32)22(24(33)28-16)25-30-29-19(34-25)12-17-13-7-4-5-11-18(13)35-31-17/h4-9,11H,2-3,10,12H2,1H3,(H2,28,32,33). The van der Waals surface area contributed by atoms with Gasteiger partial charge in [-0.1, -0.05) is 59.9 Å². The monoisotopic (exact) mass is 510 g/mol. The van der Waals surface area contributed by atoms with Gasteiger partial charge in [-0.2, -0.15) is 0 Å².